The molecule has 8 heteroatoms. The van der Waals surface area contributed by atoms with E-state index in [0.717, 1.165) is 0 Å². The van der Waals surface area contributed by atoms with Crippen LogP contribution in [-0.2, 0) is 16.0 Å². The third-order valence-corrected chi connectivity index (χ3v) is 4.59. The van der Waals surface area contributed by atoms with Crippen molar-refractivity contribution in [3.05, 3.63) is 51.7 Å². The molecule has 1 aliphatic rings. The SMILES string of the molecule is O=C(O)C1COCCN1C(=O)c1csc(Cc2ccccc2F)n1. The lowest BCUT2D eigenvalue weighted by molar-refractivity contribution is -0.147. The number of thiazole rings is 1. The Kier molecular flexibility index (Phi) is 4.86. The highest BCUT2D eigenvalue weighted by Crippen LogP contribution is 2.19. The van der Waals surface area contributed by atoms with Crippen molar-refractivity contribution in [1.82, 2.24) is 9.88 Å². The number of morpholine rings is 1. The summed E-state index contributed by atoms with van der Waals surface area (Å²) in [4.78, 5) is 29.3. The zero-order valence-corrected chi connectivity index (χ0v) is 13.5. The summed E-state index contributed by atoms with van der Waals surface area (Å²) in [5.41, 5.74) is 0.681. The summed E-state index contributed by atoms with van der Waals surface area (Å²) in [6.45, 7) is 0.463. The molecule has 0 saturated carbocycles. The van der Waals surface area contributed by atoms with E-state index < -0.39 is 17.9 Å². The minimum absolute atomic E-state index is 0.0344. The van der Waals surface area contributed by atoms with Crippen LogP contribution >= 0.6 is 11.3 Å². The van der Waals surface area contributed by atoms with Gasteiger partial charge in [0, 0.05) is 18.3 Å². The number of rotatable bonds is 4. The molecule has 126 valence electrons. The summed E-state index contributed by atoms with van der Waals surface area (Å²) in [7, 11) is 0. The number of amides is 1. The monoisotopic (exact) mass is 350 g/mol. The van der Waals surface area contributed by atoms with Crippen molar-refractivity contribution in [2.45, 2.75) is 12.5 Å². The third-order valence-electron chi connectivity index (χ3n) is 3.74. The van der Waals surface area contributed by atoms with Gasteiger partial charge in [0.05, 0.1) is 18.2 Å². The summed E-state index contributed by atoms with van der Waals surface area (Å²) in [5, 5.41) is 11.4. The molecular formula is C16H15FN2O4S. The Hall–Kier alpha value is -2.32. The molecule has 0 radical (unpaired) electrons. The molecule has 1 atom stereocenters. The van der Waals surface area contributed by atoms with Gasteiger partial charge in [0.1, 0.15) is 11.5 Å². The number of hydrogen-bond donors (Lipinski definition) is 1. The standard InChI is InChI=1S/C16H15FN2O4S/c17-11-4-2-1-3-10(11)7-14-18-12(9-24-14)15(20)19-5-6-23-8-13(19)16(21)22/h1-4,9,13H,5-8H2,(H,21,22). The molecule has 1 aromatic carbocycles. The highest BCUT2D eigenvalue weighted by atomic mass is 32.1. The van der Waals surface area contributed by atoms with Crippen molar-refractivity contribution in [2.24, 2.45) is 0 Å². The Bertz CT molecular complexity index is 764. The number of carbonyl (C=O) groups is 2. The first-order valence-corrected chi connectivity index (χ1v) is 8.23. The number of carboxylic acid groups (broad SMARTS) is 1. The number of halogens is 1. The molecule has 1 fully saturated rings. The zero-order valence-electron chi connectivity index (χ0n) is 12.6. The van der Waals surface area contributed by atoms with Crippen LogP contribution in [0.2, 0.25) is 0 Å². The number of nitrogens with zero attached hydrogens (tertiary/aromatic N) is 2. The minimum atomic E-state index is -1.11. The van der Waals surface area contributed by atoms with Crippen LogP contribution in [0.4, 0.5) is 4.39 Å². The summed E-state index contributed by atoms with van der Waals surface area (Å²) < 4.78 is 18.8. The van der Waals surface area contributed by atoms with Crippen LogP contribution in [0.1, 0.15) is 21.1 Å². The van der Waals surface area contributed by atoms with E-state index in [4.69, 9.17) is 4.74 Å². The van der Waals surface area contributed by atoms with Crippen molar-refractivity contribution in [2.75, 3.05) is 19.8 Å². The Morgan fingerprint density at radius 3 is 2.96 bits per heavy atom. The average molecular weight is 350 g/mol. The molecule has 1 amide bonds. The lowest BCUT2D eigenvalue weighted by Crippen LogP contribution is -2.52. The number of aliphatic carboxylic acids is 1. The molecule has 0 aliphatic carbocycles. The highest BCUT2D eigenvalue weighted by Gasteiger charge is 2.34. The topological polar surface area (TPSA) is 79.7 Å². The smallest absolute Gasteiger partial charge is 0.328 e. The van der Waals surface area contributed by atoms with Gasteiger partial charge in [0.15, 0.2) is 6.04 Å². The van der Waals surface area contributed by atoms with Crippen molar-refractivity contribution >= 4 is 23.2 Å². The Labute approximate surface area is 141 Å². The van der Waals surface area contributed by atoms with Gasteiger partial charge in [-0.05, 0) is 11.6 Å². The number of aromatic nitrogens is 1. The van der Waals surface area contributed by atoms with Crippen LogP contribution in [0.3, 0.4) is 0 Å². The van der Waals surface area contributed by atoms with E-state index >= 15 is 0 Å². The van der Waals surface area contributed by atoms with Crippen molar-refractivity contribution in [3.63, 3.8) is 0 Å². The van der Waals surface area contributed by atoms with Gasteiger partial charge < -0.3 is 14.7 Å². The molecule has 2 aromatic rings. The number of ether oxygens (including phenoxy) is 1. The van der Waals surface area contributed by atoms with Crippen LogP contribution < -0.4 is 0 Å². The van der Waals surface area contributed by atoms with Crippen LogP contribution in [0.25, 0.3) is 0 Å². The van der Waals surface area contributed by atoms with Crippen molar-refractivity contribution in [1.29, 1.82) is 0 Å². The molecule has 1 N–H and O–H groups in total. The summed E-state index contributed by atoms with van der Waals surface area (Å²) in [6, 6.07) is 5.38. The van der Waals surface area contributed by atoms with Gasteiger partial charge in [-0.2, -0.15) is 0 Å². The normalized spacial score (nSPS) is 17.7. The van der Waals surface area contributed by atoms with Gasteiger partial charge in [-0.15, -0.1) is 11.3 Å². The summed E-state index contributed by atoms with van der Waals surface area (Å²) >= 11 is 1.25. The van der Waals surface area contributed by atoms with Gasteiger partial charge in [0.25, 0.3) is 5.91 Å². The largest absolute Gasteiger partial charge is 0.480 e. The average Bonchev–Trinajstić information content (AvgIpc) is 3.05. The van der Waals surface area contributed by atoms with E-state index in [2.05, 4.69) is 4.98 Å². The molecule has 3 rings (SSSR count). The molecule has 1 aliphatic heterocycles. The minimum Gasteiger partial charge on any atom is -0.480 e. The molecule has 2 heterocycles. The summed E-state index contributed by atoms with van der Waals surface area (Å²) in [5.74, 6) is -1.87. The molecule has 0 bridgehead atoms. The molecule has 1 unspecified atom stereocenters. The Morgan fingerprint density at radius 2 is 2.21 bits per heavy atom. The van der Waals surface area contributed by atoms with Crippen LogP contribution in [0, 0.1) is 5.82 Å². The second kappa shape index (κ2) is 7.06. The maximum atomic E-state index is 13.7. The lowest BCUT2D eigenvalue weighted by atomic mass is 10.1. The first-order chi connectivity index (χ1) is 11.6. The molecule has 24 heavy (non-hydrogen) atoms. The summed E-state index contributed by atoms with van der Waals surface area (Å²) in [6.07, 6.45) is 0.288. The van der Waals surface area contributed by atoms with E-state index in [1.165, 1.54) is 22.3 Å². The van der Waals surface area contributed by atoms with Crippen molar-refractivity contribution in [3.8, 4) is 0 Å². The van der Waals surface area contributed by atoms with Gasteiger partial charge in [-0.25, -0.2) is 14.2 Å². The fraction of sp³-hybridized carbons (Fsp3) is 0.312. The van der Waals surface area contributed by atoms with Gasteiger partial charge in [-0.1, -0.05) is 18.2 Å². The van der Waals surface area contributed by atoms with Gasteiger partial charge in [-0.3, -0.25) is 4.79 Å². The van der Waals surface area contributed by atoms with E-state index in [1.54, 1.807) is 23.6 Å². The molecule has 1 saturated heterocycles. The van der Waals surface area contributed by atoms with Crippen LogP contribution in [-0.4, -0.2) is 52.7 Å². The fourth-order valence-corrected chi connectivity index (χ4v) is 3.28. The number of carboxylic acids is 1. The first-order valence-electron chi connectivity index (χ1n) is 7.35. The molecule has 0 spiro atoms. The van der Waals surface area contributed by atoms with Crippen LogP contribution in [0.15, 0.2) is 29.6 Å². The Balaban J connectivity index is 1.76. The maximum absolute atomic E-state index is 13.7. The number of benzene rings is 1. The Morgan fingerprint density at radius 1 is 1.42 bits per heavy atom. The predicted molar refractivity (Wildman–Crippen MR) is 84.6 cm³/mol. The zero-order chi connectivity index (χ0) is 17.1. The third kappa shape index (κ3) is 3.44. The van der Waals surface area contributed by atoms with E-state index in [1.807, 2.05) is 0 Å². The van der Waals surface area contributed by atoms with E-state index in [-0.39, 0.29) is 31.1 Å². The number of hydrogen-bond acceptors (Lipinski definition) is 5. The second-order valence-corrected chi connectivity index (χ2v) is 6.26. The van der Waals surface area contributed by atoms with Crippen molar-refractivity contribution < 1.29 is 23.8 Å². The first kappa shape index (κ1) is 16.5. The van der Waals surface area contributed by atoms with E-state index in [0.29, 0.717) is 17.2 Å². The fourth-order valence-electron chi connectivity index (χ4n) is 2.49. The van der Waals surface area contributed by atoms with Crippen LogP contribution in [0.5, 0.6) is 0 Å². The number of carbonyl (C=O) groups excluding carboxylic acids is 1. The molecule has 6 nitrogen and oxygen atoms in total. The van der Waals surface area contributed by atoms with E-state index in [9.17, 15) is 19.1 Å². The molecular weight excluding hydrogens is 335 g/mol. The van der Waals surface area contributed by atoms with Gasteiger partial charge >= 0.3 is 5.97 Å². The van der Waals surface area contributed by atoms with Gasteiger partial charge in [0.2, 0.25) is 0 Å². The predicted octanol–water partition coefficient (Wildman–Crippen LogP) is 1.80. The quantitative estimate of drug-likeness (QED) is 0.909. The lowest BCUT2D eigenvalue weighted by Gasteiger charge is -2.32. The maximum Gasteiger partial charge on any atom is 0.328 e. The highest BCUT2D eigenvalue weighted by molar-refractivity contribution is 7.09. The second-order valence-electron chi connectivity index (χ2n) is 5.32. The molecule has 1 aromatic heterocycles.